The third-order valence-electron chi connectivity index (χ3n) is 7.50. The molecule has 38 heavy (non-hydrogen) atoms. The van der Waals surface area contributed by atoms with Crippen LogP contribution in [0.1, 0.15) is 47.2 Å². The molecule has 4 amide bonds. The van der Waals surface area contributed by atoms with Crippen LogP contribution in [0.15, 0.2) is 72.5 Å². The van der Waals surface area contributed by atoms with Crippen molar-refractivity contribution in [2.75, 3.05) is 26.2 Å². The van der Waals surface area contributed by atoms with Crippen molar-refractivity contribution in [1.82, 2.24) is 20.4 Å². The molecule has 0 radical (unpaired) electrons. The molecule has 5 rings (SSSR count). The molecule has 0 saturated carbocycles. The van der Waals surface area contributed by atoms with Crippen LogP contribution in [0.2, 0.25) is 0 Å². The maximum absolute atomic E-state index is 14.2. The molecule has 0 aromatic heterocycles. The second-order valence-electron chi connectivity index (χ2n) is 10.1. The molecule has 8 nitrogen and oxygen atoms in total. The second kappa shape index (κ2) is 10.8. The van der Waals surface area contributed by atoms with Crippen molar-refractivity contribution in [1.29, 1.82) is 0 Å². The van der Waals surface area contributed by atoms with E-state index in [9.17, 15) is 14.4 Å². The topological polar surface area (TPSA) is 91.0 Å². The maximum atomic E-state index is 14.2. The molecule has 0 unspecified atom stereocenters. The summed E-state index contributed by atoms with van der Waals surface area (Å²) in [7, 11) is 0. The molecule has 3 aliphatic rings. The Balaban J connectivity index is 1.52. The number of benzene rings is 2. The van der Waals surface area contributed by atoms with Crippen molar-refractivity contribution in [3.63, 3.8) is 0 Å². The summed E-state index contributed by atoms with van der Waals surface area (Å²) in [6.07, 6.45) is 3.49. The standard InChI is InChI=1S/C30H34N4O4/c1-4-14-33-24-18-34(27(21-9-6-5-7-10-21)28(35)31-17-22-11-8-15-38-22)29(36)25(24)26(32-30(33)37)23-13-12-19(2)16-20(23)3/h4-7,9-10,12-13,16,22,26-27H,1,8,11,14-15,17-18H2,2-3H3,(H,31,35)(H,32,37)/t22-,26-,27+/m1/s1. The van der Waals surface area contributed by atoms with E-state index in [2.05, 4.69) is 17.2 Å². The van der Waals surface area contributed by atoms with E-state index in [1.54, 1.807) is 15.9 Å². The van der Waals surface area contributed by atoms with Gasteiger partial charge in [-0.3, -0.25) is 14.5 Å². The molecule has 2 N–H and O–H groups in total. The molecule has 0 spiro atoms. The van der Waals surface area contributed by atoms with Crippen molar-refractivity contribution < 1.29 is 19.1 Å². The maximum Gasteiger partial charge on any atom is 0.322 e. The summed E-state index contributed by atoms with van der Waals surface area (Å²) in [6, 6.07) is 13.5. The first-order valence-corrected chi connectivity index (χ1v) is 13.1. The minimum atomic E-state index is -0.851. The van der Waals surface area contributed by atoms with Gasteiger partial charge in [0.15, 0.2) is 0 Å². The van der Waals surface area contributed by atoms with Gasteiger partial charge in [-0.25, -0.2) is 4.79 Å². The highest BCUT2D eigenvalue weighted by Crippen LogP contribution is 2.40. The van der Waals surface area contributed by atoms with Gasteiger partial charge in [-0.05, 0) is 43.4 Å². The highest BCUT2D eigenvalue weighted by molar-refractivity contribution is 6.04. The number of carbonyl (C=O) groups excluding carboxylic acids is 3. The fraction of sp³-hybridized carbons (Fsp3) is 0.367. The summed E-state index contributed by atoms with van der Waals surface area (Å²) in [5.41, 5.74) is 4.76. The molecule has 0 bridgehead atoms. The van der Waals surface area contributed by atoms with Crippen molar-refractivity contribution in [3.8, 4) is 0 Å². The van der Waals surface area contributed by atoms with E-state index < -0.39 is 12.1 Å². The smallest absolute Gasteiger partial charge is 0.322 e. The van der Waals surface area contributed by atoms with Crippen LogP contribution in [0.3, 0.4) is 0 Å². The number of aryl methyl sites for hydroxylation is 2. The lowest BCUT2D eigenvalue weighted by Crippen LogP contribution is -2.47. The van der Waals surface area contributed by atoms with E-state index in [0.29, 0.717) is 30.0 Å². The van der Waals surface area contributed by atoms with E-state index in [-0.39, 0.29) is 37.0 Å². The number of urea groups is 1. The number of amides is 4. The molecule has 2 aromatic rings. The Labute approximate surface area is 223 Å². The van der Waals surface area contributed by atoms with Crippen LogP contribution in [0, 0.1) is 13.8 Å². The van der Waals surface area contributed by atoms with Crippen molar-refractivity contribution in [2.24, 2.45) is 0 Å². The lowest BCUT2D eigenvalue weighted by Gasteiger charge is -2.33. The Morgan fingerprint density at radius 3 is 2.68 bits per heavy atom. The highest BCUT2D eigenvalue weighted by Gasteiger charge is 2.47. The largest absolute Gasteiger partial charge is 0.376 e. The Bertz CT molecular complexity index is 1280. The molecule has 0 aliphatic carbocycles. The Morgan fingerprint density at radius 1 is 1.21 bits per heavy atom. The van der Waals surface area contributed by atoms with E-state index >= 15 is 0 Å². The molecule has 1 saturated heterocycles. The van der Waals surface area contributed by atoms with Crippen LogP contribution in [-0.2, 0) is 14.3 Å². The molecular formula is C30H34N4O4. The van der Waals surface area contributed by atoms with Gasteiger partial charge >= 0.3 is 6.03 Å². The van der Waals surface area contributed by atoms with Gasteiger partial charge < -0.3 is 20.3 Å². The molecule has 8 heteroatoms. The predicted octanol–water partition coefficient (Wildman–Crippen LogP) is 3.69. The average Bonchev–Trinajstić information content (AvgIpc) is 3.54. The minimum Gasteiger partial charge on any atom is -0.376 e. The zero-order chi connectivity index (χ0) is 26.8. The lowest BCUT2D eigenvalue weighted by atomic mass is 9.91. The molecule has 198 valence electrons. The minimum absolute atomic E-state index is 0.0187. The van der Waals surface area contributed by atoms with Gasteiger partial charge in [0.2, 0.25) is 5.91 Å². The van der Waals surface area contributed by atoms with Crippen LogP contribution in [0.5, 0.6) is 0 Å². The van der Waals surface area contributed by atoms with Gasteiger partial charge in [-0.1, -0.05) is 60.2 Å². The Hall–Kier alpha value is -3.91. The lowest BCUT2D eigenvalue weighted by molar-refractivity contribution is -0.137. The van der Waals surface area contributed by atoms with Gasteiger partial charge in [0.05, 0.1) is 30.0 Å². The molecule has 2 aromatic carbocycles. The van der Waals surface area contributed by atoms with Crippen LogP contribution in [0.25, 0.3) is 0 Å². The monoisotopic (exact) mass is 514 g/mol. The number of nitrogens with zero attached hydrogens (tertiary/aromatic N) is 2. The SMILES string of the molecule is C=CCN1C(=O)N[C@H](c2ccc(C)cc2C)C2=C1CN([C@H](C(=O)NC[C@H]1CCCO1)c1ccccc1)C2=O. The predicted molar refractivity (Wildman–Crippen MR) is 144 cm³/mol. The number of carbonyl (C=O) groups is 3. The summed E-state index contributed by atoms with van der Waals surface area (Å²) in [6.45, 7) is 9.28. The van der Waals surface area contributed by atoms with Crippen molar-refractivity contribution in [2.45, 2.75) is 44.9 Å². The molecule has 1 fully saturated rings. The Morgan fingerprint density at radius 2 is 2.00 bits per heavy atom. The molecule has 3 heterocycles. The van der Waals surface area contributed by atoms with E-state index in [1.165, 1.54) is 0 Å². The third kappa shape index (κ3) is 4.84. The quantitative estimate of drug-likeness (QED) is 0.526. The summed E-state index contributed by atoms with van der Waals surface area (Å²) in [4.78, 5) is 44.2. The average molecular weight is 515 g/mol. The molecule has 3 aliphatic heterocycles. The fourth-order valence-electron chi connectivity index (χ4n) is 5.65. The van der Waals surface area contributed by atoms with Crippen LogP contribution < -0.4 is 10.6 Å². The first-order valence-electron chi connectivity index (χ1n) is 13.1. The van der Waals surface area contributed by atoms with Crippen molar-refractivity contribution >= 4 is 17.8 Å². The molecule has 3 atom stereocenters. The highest BCUT2D eigenvalue weighted by atomic mass is 16.5. The second-order valence-corrected chi connectivity index (χ2v) is 10.1. The Kier molecular flexibility index (Phi) is 7.33. The summed E-state index contributed by atoms with van der Waals surface area (Å²) in [5, 5.41) is 6.05. The summed E-state index contributed by atoms with van der Waals surface area (Å²) >= 11 is 0. The van der Waals surface area contributed by atoms with E-state index in [1.807, 2.05) is 62.4 Å². The summed E-state index contributed by atoms with van der Waals surface area (Å²) in [5.74, 6) is -0.530. The third-order valence-corrected chi connectivity index (χ3v) is 7.50. The number of hydrogen-bond donors (Lipinski definition) is 2. The number of hydrogen-bond acceptors (Lipinski definition) is 4. The van der Waals surface area contributed by atoms with E-state index in [0.717, 1.165) is 29.5 Å². The van der Waals surface area contributed by atoms with Gasteiger partial charge in [-0.2, -0.15) is 0 Å². The fourth-order valence-corrected chi connectivity index (χ4v) is 5.65. The zero-order valence-electron chi connectivity index (χ0n) is 21.9. The van der Waals surface area contributed by atoms with Gasteiger partial charge in [0.25, 0.3) is 5.91 Å². The first-order chi connectivity index (χ1) is 18.4. The van der Waals surface area contributed by atoms with Gasteiger partial charge in [0.1, 0.15) is 6.04 Å². The van der Waals surface area contributed by atoms with Crippen LogP contribution in [0.4, 0.5) is 4.79 Å². The van der Waals surface area contributed by atoms with E-state index in [4.69, 9.17) is 4.74 Å². The van der Waals surface area contributed by atoms with Crippen molar-refractivity contribution in [3.05, 3.63) is 94.7 Å². The molecular weight excluding hydrogens is 480 g/mol. The van der Waals surface area contributed by atoms with Crippen LogP contribution in [-0.4, -0.2) is 60.0 Å². The first kappa shape index (κ1) is 25.7. The number of rotatable bonds is 8. The normalized spacial score (nSPS) is 21.8. The van der Waals surface area contributed by atoms with Gasteiger partial charge in [-0.15, -0.1) is 6.58 Å². The zero-order valence-corrected chi connectivity index (χ0v) is 21.9. The van der Waals surface area contributed by atoms with Crippen LogP contribution >= 0.6 is 0 Å². The summed E-state index contributed by atoms with van der Waals surface area (Å²) < 4.78 is 5.68. The number of ether oxygens (including phenoxy) is 1. The number of nitrogens with one attached hydrogen (secondary N) is 2. The van der Waals surface area contributed by atoms with Gasteiger partial charge in [0, 0.05) is 19.7 Å².